The molecule has 1 aliphatic heterocycles. The molecule has 1 saturated heterocycles. The third-order valence-corrected chi connectivity index (χ3v) is 4.39. The van der Waals surface area contributed by atoms with E-state index in [1.165, 1.54) is 4.90 Å². The van der Waals surface area contributed by atoms with Crippen molar-refractivity contribution in [3.63, 3.8) is 0 Å². The topological polar surface area (TPSA) is 86.7 Å². The number of nitrogens with zero attached hydrogens (tertiary/aromatic N) is 1. The lowest BCUT2D eigenvalue weighted by Crippen LogP contribution is -2.44. The number of carbonyl (C=O) groups is 3. The second-order valence-corrected chi connectivity index (χ2v) is 6.74. The Bertz CT molecular complexity index is 637. The van der Waals surface area contributed by atoms with E-state index in [0.29, 0.717) is 18.5 Å². The number of hydrogen-bond acceptors (Lipinski definition) is 3. The number of hydrogen-bond donors (Lipinski definition) is 2. The minimum atomic E-state index is -1.11. The summed E-state index contributed by atoms with van der Waals surface area (Å²) in [5.74, 6) is -1.59. The molecule has 6 heteroatoms. The number of likely N-dealkylation sites (tertiary alicyclic amines) is 1. The molecule has 0 spiro atoms. The van der Waals surface area contributed by atoms with Crippen LogP contribution >= 0.6 is 0 Å². The predicted molar refractivity (Wildman–Crippen MR) is 94.1 cm³/mol. The average molecular weight is 346 g/mol. The Morgan fingerprint density at radius 3 is 2.40 bits per heavy atom. The lowest BCUT2D eigenvalue weighted by molar-refractivity contribution is -0.143. The van der Waals surface area contributed by atoms with E-state index in [1.54, 1.807) is 12.1 Å². The Balaban J connectivity index is 2.06. The summed E-state index contributed by atoms with van der Waals surface area (Å²) < 4.78 is 0. The smallest absolute Gasteiger partial charge is 0.330 e. The summed E-state index contributed by atoms with van der Waals surface area (Å²) in [6, 6.07) is 4.35. The first-order valence-corrected chi connectivity index (χ1v) is 8.75. The highest BCUT2D eigenvalue weighted by molar-refractivity contribution is 5.88. The first kappa shape index (κ1) is 19.0. The maximum absolute atomic E-state index is 12.3. The normalized spacial score (nSPS) is 16.7. The van der Waals surface area contributed by atoms with Crippen LogP contribution in [0.25, 0.3) is 0 Å². The third-order valence-electron chi connectivity index (χ3n) is 4.39. The first-order chi connectivity index (χ1) is 11.9. The first-order valence-electron chi connectivity index (χ1n) is 8.75. The van der Waals surface area contributed by atoms with Crippen LogP contribution in [-0.4, -0.2) is 40.9 Å². The van der Waals surface area contributed by atoms with Crippen LogP contribution in [0, 0.1) is 13.8 Å². The van der Waals surface area contributed by atoms with E-state index < -0.39 is 17.9 Å². The van der Waals surface area contributed by atoms with Crippen LogP contribution in [-0.2, 0) is 14.4 Å². The summed E-state index contributed by atoms with van der Waals surface area (Å²) in [6.45, 7) is 4.23. The fourth-order valence-electron chi connectivity index (χ4n) is 3.23. The van der Waals surface area contributed by atoms with Crippen molar-refractivity contribution < 1.29 is 19.5 Å². The molecule has 2 N–H and O–H groups in total. The number of aryl methyl sites for hydroxylation is 2. The maximum Gasteiger partial charge on any atom is 0.330 e. The van der Waals surface area contributed by atoms with Crippen LogP contribution in [0.15, 0.2) is 18.2 Å². The van der Waals surface area contributed by atoms with Gasteiger partial charge < -0.3 is 15.3 Å². The van der Waals surface area contributed by atoms with E-state index in [0.717, 1.165) is 36.8 Å². The molecule has 136 valence electrons. The van der Waals surface area contributed by atoms with Crippen LogP contribution in [0.4, 0.5) is 0 Å². The molecule has 1 aliphatic rings. The zero-order valence-electron chi connectivity index (χ0n) is 14.9. The quantitative estimate of drug-likeness (QED) is 0.857. The second kappa shape index (κ2) is 8.65. The Morgan fingerprint density at radius 1 is 1.12 bits per heavy atom. The highest BCUT2D eigenvalue weighted by atomic mass is 16.4. The molecule has 0 aliphatic carbocycles. The molecular formula is C19H26N2O4. The van der Waals surface area contributed by atoms with Crippen molar-refractivity contribution in [1.29, 1.82) is 0 Å². The number of rotatable bonds is 5. The van der Waals surface area contributed by atoms with Crippen LogP contribution in [0.3, 0.4) is 0 Å². The summed E-state index contributed by atoms with van der Waals surface area (Å²) in [5.41, 5.74) is 2.42. The Kier molecular flexibility index (Phi) is 6.56. The van der Waals surface area contributed by atoms with Crippen molar-refractivity contribution in [3.05, 3.63) is 34.9 Å². The molecule has 1 heterocycles. The molecule has 0 aromatic heterocycles. The van der Waals surface area contributed by atoms with Crippen LogP contribution in [0.2, 0.25) is 0 Å². The minimum Gasteiger partial charge on any atom is -0.479 e. The molecular weight excluding hydrogens is 320 g/mol. The largest absolute Gasteiger partial charge is 0.479 e. The number of nitrogens with one attached hydrogen (secondary N) is 1. The summed E-state index contributed by atoms with van der Waals surface area (Å²) >= 11 is 0. The van der Waals surface area contributed by atoms with Gasteiger partial charge in [0.2, 0.25) is 11.8 Å². The van der Waals surface area contributed by atoms with Crippen molar-refractivity contribution in [1.82, 2.24) is 10.2 Å². The van der Waals surface area contributed by atoms with Crippen LogP contribution in [0.1, 0.15) is 54.8 Å². The molecule has 25 heavy (non-hydrogen) atoms. The van der Waals surface area contributed by atoms with Gasteiger partial charge in [0.15, 0.2) is 6.04 Å². The van der Waals surface area contributed by atoms with Crippen LogP contribution < -0.4 is 5.32 Å². The number of carboxylic acid groups (broad SMARTS) is 1. The van der Waals surface area contributed by atoms with Gasteiger partial charge >= 0.3 is 5.97 Å². The standard InChI is InChI=1S/C19H26N2O4/c1-13-9-14(2)11-15(10-13)18(19(24)25)20-16(22)12-21-8-6-4-3-5-7-17(21)23/h9-11,18H,3-8,12H2,1-2H3,(H,20,22)(H,24,25). The van der Waals surface area contributed by atoms with Gasteiger partial charge in [-0.1, -0.05) is 42.2 Å². The number of benzene rings is 1. The fraction of sp³-hybridized carbons (Fsp3) is 0.526. The lowest BCUT2D eigenvalue weighted by Gasteiger charge is -2.25. The molecule has 0 saturated carbocycles. The molecule has 2 amide bonds. The number of carboxylic acids is 1. The zero-order chi connectivity index (χ0) is 18.4. The van der Waals surface area contributed by atoms with Gasteiger partial charge in [-0.3, -0.25) is 9.59 Å². The van der Waals surface area contributed by atoms with Crippen molar-refractivity contribution in [2.75, 3.05) is 13.1 Å². The second-order valence-electron chi connectivity index (χ2n) is 6.74. The van der Waals surface area contributed by atoms with Gasteiger partial charge in [-0.25, -0.2) is 4.79 Å². The van der Waals surface area contributed by atoms with Gasteiger partial charge in [-0.2, -0.15) is 0 Å². The summed E-state index contributed by atoms with van der Waals surface area (Å²) in [6.07, 6.45) is 4.26. The highest BCUT2D eigenvalue weighted by Gasteiger charge is 2.25. The van der Waals surface area contributed by atoms with Crippen molar-refractivity contribution in [2.24, 2.45) is 0 Å². The predicted octanol–water partition coefficient (Wildman–Crippen LogP) is 2.34. The zero-order valence-corrected chi connectivity index (χ0v) is 14.9. The average Bonchev–Trinajstić information content (AvgIpc) is 2.51. The SMILES string of the molecule is Cc1cc(C)cc(C(NC(=O)CN2CCCCCCC2=O)C(=O)O)c1. The van der Waals surface area contributed by atoms with Gasteiger partial charge in [0.25, 0.3) is 0 Å². The van der Waals surface area contributed by atoms with E-state index in [4.69, 9.17) is 0 Å². The Hall–Kier alpha value is -2.37. The summed E-state index contributed by atoms with van der Waals surface area (Å²) in [5, 5.41) is 12.1. The summed E-state index contributed by atoms with van der Waals surface area (Å²) in [4.78, 5) is 37.6. The fourth-order valence-corrected chi connectivity index (χ4v) is 3.23. The number of carbonyl (C=O) groups excluding carboxylic acids is 2. The van der Waals surface area contributed by atoms with Gasteiger partial charge in [0.1, 0.15) is 0 Å². The van der Waals surface area contributed by atoms with E-state index in [1.807, 2.05) is 19.9 Å². The van der Waals surface area contributed by atoms with Gasteiger partial charge in [0.05, 0.1) is 6.54 Å². The van der Waals surface area contributed by atoms with E-state index in [-0.39, 0.29) is 12.5 Å². The molecule has 0 bridgehead atoms. The van der Waals surface area contributed by atoms with Crippen molar-refractivity contribution in [2.45, 2.75) is 52.0 Å². The van der Waals surface area contributed by atoms with E-state index in [2.05, 4.69) is 5.32 Å². The monoisotopic (exact) mass is 346 g/mol. The summed E-state index contributed by atoms with van der Waals surface area (Å²) in [7, 11) is 0. The highest BCUT2D eigenvalue weighted by Crippen LogP contribution is 2.18. The maximum atomic E-state index is 12.3. The minimum absolute atomic E-state index is 0.0341. The number of amides is 2. The van der Waals surface area contributed by atoms with Gasteiger partial charge in [-0.05, 0) is 32.3 Å². The third kappa shape index (κ3) is 5.59. The molecule has 1 unspecified atom stereocenters. The van der Waals surface area contributed by atoms with Gasteiger partial charge in [-0.15, -0.1) is 0 Å². The molecule has 0 radical (unpaired) electrons. The van der Waals surface area contributed by atoms with E-state index >= 15 is 0 Å². The Labute approximate surface area is 148 Å². The molecule has 6 nitrogen and oxygen atoms in total. The van der Waals surface area contributed by atoms with Crippen molar-refractivity contribution >= 4 is 17.8 Å². The molecule has 1 aromatic rings. The van der Waals surface area contributed by atoms with Crippen LogP contribution in [0.5, 0.6) is 0 Å². The van der Waals surface area contributed by atoms with Crippen molar-refractivity contribution in [3.8, 4) is 0 Å². The van der Waals surface area contributed by atoms with Gasteiger partial charge in [0, 0.05) is 13.0 Å². The molecule has 1 aromatic carbocycles. The molecule has 2 rings (SSSR count). The molecule has 1 fully saturated rings. The molecule has 1 atom stereocenters. The van der Waals surface area contributed by atoms with E-state index in [9.17, 15) is 19.5 Å². The Morgan fingerprint density at radius 2 is 1.76 bits per heavy atom. The lowest BCUT2D eigenvalue weighted by atomic mass is 10.0. The number of aliphatic carboxylic acids is 1.